The Hall–Kier alpha value is -2.07. The van der Waals surface area contributed by atoms with E-state index in [0.717, 1.165) is 18.0 Å². The Labute approximate surface area is 123 Å². The van der Waals surface area contributed by atoms with E-state index in [9.17, 15) is 0 Å². The van der Waals surface area contributed by atoms with Crippen LogP contribution in [0.5, 0.6) is 5.75 Å². The van der Waals surface area contributed by atoms with E-state index in [-0.39, 0.29) is 6.10 Å². The predicted octanol–water partition coefficient (Wildman–Crippen LogP) is 3.26. The molecule has 3 nitrogen and oxygen atoms in total. The van der Waals surface area contributed by atoms with Crippen molar-refractivity contribution in [3.63, 3.8) is 0 Å². The number of rotatable bonds is 4. The van der Waals surface area contributed by atoms with Gasteiger partial charge in [-0.15, -0.1) is 0 Å². The summed E-state index contributed by atoms with van der Waals surface area (Å²) in [6, 6.07) is 19.7. The van der Waals surface area contributed by atoms with Crippen LogP contribution in [0.15, 0.2) is 60.7 Å². The summed E-state index contributed by atoms with van der Waals surface area (Å²) in [6.07, 6.45) is -0.0390. The van der Waals surface area contributed by atoms with E-state index in [1.165, 1.54) is 0 Å². The van der Waals surface area contributed by atoms with Crippen molar-refractivity contribution in [3.8, 4) is 5.75 Å². The van der Waals surface area contributed by atoms with Crippen LogP contribution in [-0.4, -0.2) is 24.4 Å². The van der Waals surface area contributed by atoms with Gasteiger partial charge in [0.15, 0.2) is 6.10 Å². The Morgan fingerprint density at radius 2 is 1.70 bits per heavy atom. The number of hydrogen-bond acceptors (Lipinski definition) is 3. The summed E-state index contributed by atoms with van der Waals surface area (Å²) < 4.78 is 11.4. The van der Waals surface area contributed by atoms with Gasteiger partial charge in [-0.25, -0.2) is 0 Å². The SMILES string of the molecule is S=C1OC(COc2ccccc2)CN1c1ccccc1. The molecule has 1 aliphatic heterocycles. The molecule has 2 aromatic carbocycles. The summed E-state index contributed by atoms with van der Waals surface area (Å²) >= 11 is 5.28. The first-order valence-corrected chi connectivity index (χ1v) is 6.95. The number of para-hydroxylation sites is 2. The van der Waals surface area contributed by atoms with Crippen molar-refractivity contribution in [3.05, 3.63) is 60.7 Å². The lowest BCUT2D eigenvalue weighted by Crippen LogP contribution is -2.26. The van der Waals surface area contributed by atoms with Crippen LogP contribution in [0, 0.1) is 0 Å². The molecule has 0 aliphatic carbocycles. The van der Waals surface area contributed by atoms with E-state index < -0.39 is 0 Å². The van der Waals surface area contributed by atoms with Gasteiger partial charge >= 0.3 is 0 Å². The van der Waals surface area contributed by atoms with Gasteiger partial charge < -0.3 is 9.47 Å². The molecule has 0 saturated carbocycles. The van der Waals surface area contributed by atoms with Gasteiger partial charge in [0.25, 0.3) is 5.17 Å². The highest BCUT2D eigenvalue weighted by atomic mass is 32.1. The smallest absolute Gasteiger partial charge is 0.264 e. The quantitative estimate of drug-likeness (QED) is 0.804. The molecule has 2 aromatic rings. The zero-order valence-electron chi connectivity index (χ0n) is 10.9. The first-order valence-electron chi connectivity index (χ1n) is 6.54. The van der Waals surface area contributed by atoms with E-state index in [0.29, 0.717) is 11.8 Å². The Balaban J connectivity index is 1.60. The van der Waals surface area contributed by atoms with E-state index in [4.69, 9.17) is 21.7 Å². The molecule has 1 heterocycles. The van der Waals surface area contributed by atoms with Gasteiger partial charge in [-0.2, -0.15) is 0 Å². The van der Waals surface area contributed by atoms with Gasteiger partial charge in [0.1, 0.15) is 12.4 Å². The summed E-state index contributed by atoms with van der Waals surface area (Å²) in [7, 11) is 0. The number of benzene rings is 2. The summed E-state index contributed by atoms with van der Waals surface area (Å²) in [4.78, 5) is 1.99. The van der Waals surface area contributed by atoms with Crippen molar-refractivity contribution < 1.29 is 9.47 Å². The van der Waals surface area contributed by atoms with Gasteiger partial charge in [0, 0.05) is 5.69 Å². The van der Waals surface area contributed by atoms with E-state index >= 15 is 0 Å². The molecule has 1 unspecified atom stereocenters. The maximum Gasteiger partial charge on any atom is 0.264 e. The molecule has 0 amide bonds. The molecule has 0 spiro atoms. The molecule has 1 aliphatic rings. The average Bonchev–Trinajstić information content (AvgIpc) is 2.88. The van der Waals surface area contributed by atoms with Gasteiger partial charge in [0.2, 0.25) is 0 Å². The summed E-state index contributed by atoms with van der Waals surface area (Å²) in [5.41, 5.74) is 1.06. The van der Waals surface area contributed by atoms with Crippen molar-refractivity contribution >= 4 is 23.1 Å². The van der Waals surface area contributed by atoms with Gasteiger partial charge in [-0.3, -0.25) is 4.90 Å². The fourth-order valence-electron chi connectivity index (χ4n) is 2.13. The number of ether oxygens (including phenoxy) is 2. The first-order chi connectivity index (χ1) is 9.83. The third-order valence-electron chi connectivity index (χ3n) is 3.12. The van der Waals surface area contributed by atoms with Crippen molar-refractivity contribution in [1.29, 1.82) is 0 Å². The molecule has 102 valence electrons. The standard InChI is InChI=1S/C16H15NO2S/c20-16-17(13-7-3-1-4-8-13)11-15(19-16)12-18-14-9-5-2-6-10-14/h1-10,15H,11-12H2. The average molecular weight is 285 g/mol. The zero-order chi connectivity index (χ0) is 13.8. The minimum absolute atomic E-state index is 0.0390. The van der Waals surface area contributed by atoms with Crippen molar-refractivity contribution in [1.82, 2.24) is 0 Å². The number of hydrogen-bond donors (Lipinski definition) is 0. The zero-order valence-corrected chi connectivity index (χ0v) is 11.8. The largest absolute Gasteiger partial charge is 0.490 e. The number of anilines is 1. The third-order valence-corrected chi connectivity index (χ3v) is 3.44. The van der Waals surface area contributed by atoms with Crippen molar-refractivity contribution in [2.75, 3.05) is 18.1 Å². The third kappa shape index (κ3) is 2.91. The maximum absolute atomic E-state index is 5.71. The lowest BCUT2D eigenvalue weighted by Gasteiger charge is -2.14. The van der Waals surface area contributed by atoms with Crippen molar-refractivity contribution in [2.45, 2.75) is 6.10 Å². The Bertz CT molecular complexity index is 574. The normalized spacial score (nSPS) is 17.9. The molecule has 20 heavy (non-hydrogen) atoms. The van der Waals surface area contributed by atoms with Crippen LogP contribution >= 0.6 is 12.2 Å². The molecular formula is C16H15NO2S. The minimum Gasteiger partial charge on any atom is -0.490 e. The fourth-order valence-corrected chi connectivity index (χ4v) is 2.45. The van der Waals surface area contributed by atoms with Crippen molar-refractivity contribution in [2.24, 2.45) is 0 Å². The fraction of sp³-hybridized carbons (Fsp3) is 0.188. The lowest BCUT2D eigenvalue weighted by atomic mass is 10.3. The second-order valence-corrected chi connectivity index (χ2v) is 4.93. The van der Waals surface area contributed by atoms with Gasteiger partial charge in [-0.05, 0) is 36.5 Å². The molecule has 0 radical (unpaired) electrons. The molecule has 3 rings (SSSR count). The molecule has 4 heteroatoms. The minimum atomic E-state index is -0.0390. The Morgan fingerprint density at radius 3 is 2.40 bits per heavy atom. The molecular weight excluding hydrogens is 270 g/mol. The van der Waals surface area contributed by atoms with Crippen LogP contribution in [0.1, 0.15) is 0 Å². The van der Waals surface area contributed by atoms with Crippen LogP contribution in [0.4, 0.5) is 5.69 Å². The molecule has 1 saturated heterocycles. The van der Waals surface area contributed by atoms with Crippen LogP contribution in [0.2, 0.25) is 0 Å². The monoisotopic (exact) mass is 285 g/mol. The summed E-state index contributed by atoms with van der Waals surface area (Å²) in [5, 5.41) is 0.512. The molecule has 0 N–H and O–H groups in total. The highest BCUT2D eigenvalue weighted by Gasteiger charge is 2.29. The topological polar surface area (TPSA) is 21.7 Å². The number of nitrogens with zero attached hydrogens (tertiary/aromatic N) is 1. The van der Waals surface area contributed by atoms with Gasteiger partial charge in [-0.1, -0.05) is 36.4 Å². The highest BCUT2D eigenvalue weighted by molar-refractivity contribution is 7.80. The van der Waals surface area contributed by atoms with E-state index in [1.54, 1.807) is 0 Å². The molecule has 1 atom stereocenters. The molecule has 0 aromatic heterocycles. The van der Waals surface area contributed by atoms with E-state index in [2.05, 4.69) is 0 Å². The molecule has 0 bridgehead atoms. The summed E-state index contributed by atoms with van der Waals surface area (Å²) in [6.45, 7) is 1.21. The van der Waals surface area contributed by atoms with Gasteiger partial charge in [0.05, 0.1) is 6.54 Å². The highest BCUT2D eigenvalue weighted by Crippen LogP contribution is 2.22. The summed E-state index contributed by atoms with van der Waals surface area (Å²) in [5.74, 6) is 0.847. The lowest BCUT2D eigenvalue weighted by molar-refractivity contribution is 0.150. The van der Waals surface area contributed by atoms with E-state index in [1.807, 2.05) is 65.6 Å². The predicted molar refractivity (Wildman–Crippen MR) is 83.2 cm³/mol. The second-order valence-electron chi connectivity index (χ2n) is 4.58. The van der Waals surface area contributed by atoms with Crippen LogP contribution in [0.25, 0.3) is 0 Å². The second kappa shape index (κ2) is 5.92. The van der Waals surface area contributed by atoms with Crippen LogP contribution in [-0.2, 0) is 4.74 Å². The first kappa shape index (κ1) is 12.9. The van der Waals surface area contributed by atoms with Crippen LogP contribution < -0.4 is 9.64 Å². The maximum atomic E-state index is 5.71. The molecule has 1 fully saturated rings. The van der Waals surface area contributed by atoms with Crippen LogP contribution in [0.3, 0.4) is 0 Å². The Kier molecular flexibility index (Phi) is 3.83. The Morgan fingerprint density at radius 1 is 1.05 bits per heavy atom. The number of thiocarbonyl (C=S) groups is 1.